The zero-order valence-electron chi connectivity index (χ0n) is 13.5. The standard InChI is InChI=1S/C17H18N2O4S/c1-10-6-19(7-11(2)23-10)17(20)13-8-24-16(18-13)12-3-4-14-15(5-12)22-9-21-14/h3-5,8,10-11H,6-7,9H2,1-2H3/t10-,11-/m0/s1. The van der Waals surface area contributed by atoms with Gasteiger partial charge in [0.25, 0.3) is 5.91 Å². The highest BCUT2D eigenvalue weighted by atomic mass is 32.1. The third kappa shape index (κ3) is 2.85. The monoisotopic (exact) mass is 346 g/mol. The van der Waals surface area contributed by atoms with Gasteiger partial charge in [-0.15, -0.1) is 11.3 Å². The van der Waals surface area contributed by atoms with Crippen LogP contribution in [0.4, 0.5) is 0 Å². The molecule has 1 saturated heterocycles. The highest BCUT2D eigenvalue weighted by molar-refractivity contribution is 7.13. The lowest BCUT2D eigenvalue weighted by Gasteiger charge is -2.34. The lowest BCUT2D eigenvalue weighted by atomic mass is 10.2. The molecule has 1 aromatic heterocycles. The Morgan fingerprint density at radius 2 is 1.96 bits per heavy atom. The minimum absolute atomic E-state index is 0.0414. The molecule has 0 aliphatic carbocycles. The fourth-order valence-corrected chi connectivity index (χ4v) is 3.83. The zero-order chi connectivity index (χ0) is 16.7. The van der Waals surface area contributed by atoms with Crippen LogP contribution in [-0.2, 0) is 4.74 Å². The van der Waals surface area contributed by atoms with Crippen LogP contribution in [0.1, 0.15) is 24.3 Å². The number of hydrogen-bond acceptors (Lipinski definition) is 6. The van der Waals surface area contributed by atoms with Crippen LogP contribution in [-0.4, -0.2) is 47.9 Å². The molecule has 2 aliphatic rings. The van der Waals surface area contributed by atoms with E-state index in [1.165, 1.54) is 11.3 Å². The number of carbonyl (C=O) groups excluding carboxylic acids is 1. The van der Waals surface area contributed by atoms with Crippen LogP contribution in [0.15, 0.2) is 23.6 Å². The first-order chi connectivity index (χ1) is 11.6. The van der Waals surface area contributed by atoms with Gasteiger partial charge in [0.15, 0.2) is 11.5 Å². The number of thiazole rings is 1. The minimum Gasteiger partial charge on any atom is -0.454 e. The van der Waals surface area contributed by atoms with Gasteiger partial charge in [-0.2, -0.15) is 0 Å². The van der Waals surface area contributed by atoms with E-state index in [1.807, 2.05) is 42.3 Å². The number of rotatable bonds is 2. The fourth-order valence-electron chi connectivity index (χ4n) is 3.04. The predicted molar refractivity (Wildman–Crippen MR) is 89.6 cm³/mol. The molecule has 6 nitrogen and oxygen atoms in total. The molecule has 2 atom stereocenters. The van der Waals surface area contributed by atoms with E-state index in [-0.39, 0.29) is 24.9 Å². The number of nitrogens with zero attached hydrogens (tertiary/aromatic N) is 2. The molecule has 0 N–H and O–H groups in total. The number of carbonyl (C=O) groups is 1. The molecule has 3 heterocycles. The van der Waals surface area contributed by atoms with E-state index in [4.69, 9.17) is 14.2 Å². The van der Waals surface area contributed by atoms with E-state index in [0.717, 1.165) is 16.3 Å². The van der Waals surface area contributed by atoms with Gasteiger partial charge in [0, 0.05) is 24.0 Å². The highest BCUT2D eigenvalue weighted by Crippen LogP contribution is 2.36. The van der Waals surface area contributed by atoms with Gasteiger partial charge in [-0.3, -0.25) is 4.79 Å². The molecule has 7 heteroatoms. The van der Waals surface area contributed by atoms with Crippen LogP contribution in [0, 0.1) is 0 Å². The summed E-state index contributed by atoms with van der Waals surface area (Å²) >= 11 is 1.46. The average molecular weight is 346 g/mol. The Balaban J connectivity index is 1.55. The van der Waals surface area contributed by atoms with Crippen LogP contribution in [0.2, 0.25) is 0 Å². The van der Waals surface area contributed by atoms with Crippen molar-refractivity contribution in [3.63, 3.8) is 0 Å². The van der Waals surface area contributed by atoms with Gasteiger partial charge in [0.1, 0.15) is 10.7 Å². The van der Waals surface area contributed by atoms with Gasteiger partial charge in [-0.25, -0.2) is 4.98 Å². The molecule has 0 spiro atoms. The summed E-state index contributed by atoms with van der Waals surface area (Å²) in [5.41, 5.74) is 1.40. The maximum absolute atomic E-state index is 12.7. The molecule has 0 unspecified atom stereocenters. The Labute approximate surface area is 144 Å². The number of hydrogen-bond donors (Lipinski definition) is 0. The topological polar surface area (TPSA) is 60.9 Å². The lowest BCUT2D eigenvalue weighted by molar-refractivity contribution is -0.0587. The number of aromatic nitrogens is 1. The third-order valence-electron chi connectivity index (χ3n) is 4.05. The molecule has 24 heavy (non-hydrogen) atoms. The summed E-state index contributed by atoms with van der Waals surface area (Å²) in [7, 11) is 0. The van der Waals surface area contributed by atoms with Gasteiger partial charge in [0.2, 0.25) is 6.79 Å². The van der Waals surface area contributed by atoms with Crippen molar-refractivity contribution in [3.8, 4) is 22.1 Å². The Hall–Kier alpha value is -2.12. The van der Waals surface area contributed by atoms with Gasteiger partial charge < -0.3 is 19.1 Å². The Morgan fingerprint density at radius 1 is 1.21 bits per heavy atom. The maximum atomic E-state index is 12.7. The van der Waals surface area contributed by atoms with E-state index < -0.39 is 0 Å². The molecular formula is C17H18N2O4S. The van der Waals surface area contributed by atoms with Crippen LogP contribution in [0.5, 0.6) is 11.5 Å². The summed E-state index contributed by atoms with van der Waals surface area (Å²) in [5, 5.41) is 2.61. The van der Waals surface area contributed by atoms with E-state index in [1.54, 1.807) is 0 Å². The quantitative estimate of drug-likeness (QED) is 0.837. The molecule has 1 aromatic carbocycles. The third-order valence-corrected chi connectivity index (χ3v) is 4.94. The predicted octanol–water partition coefficient (Wildman–Crippen LogP) is 2.79. The molecular weight excluding hydrogens is 328 g/mol. The normalized spacial score (nSPS) is 22.7. The molecule has 0 bridgehead atoms. The molecule has 4 rings (SSSR count). The fraction of sp³-hybridized carbons (Fsp3) is 0.412. The van der Waals surface area contributed by atoms with Crippen LogP contribution < -0.4 is 9.47 Å². The second-order valence-corrected chi connectivity index (χ2v) is 6.93. The summed E-state index contributed by atoms with van der Waals surface area (Å²) in [6.07, 6.45) is 0.0920. The van der Waals surface area contributed by atoms with E-state index in [9.17, 15) is 4.79 Å². The SMILES string of the molecule is C[C@H]1CN(C(=O)c2csc(-c3ccc4c(c3)OCO4)n2)C[C@H](C)O1. The highest BCUT2D eigenvalue weighted by Gasteiger charge is 2.28. The summed E-state index contributed by atoms with van der Waals surface area (Å²) in [6, 6.07) is 5.69. The van der Waals surface area contributed by atoms with Gasteiger partial charge in [0.05, 0.1) is 12.2 Å². The molecule has 1 amide bonds. The van der Waals surface area contributed by atoms with Crippen molar-refractivity contribution >= 4 is 17.2 Å². The summed E-state index contributed by atoms with van der Waals surface area (Å²) < 4.78 is 16.4. The smallest absolute Gasteiger partial charge is 0.273 e. The number of benzene rings is 1. The molecule has 2 aromatic rings. The number of morpholine rings is 1. The first-order valence-corrected chi connectivity index (χ1v) is 8.78. The largest absolute Gasteiger partial charge is 0.454 e. The van der Waals surface area contributed by atoms with Crippen molar-refractivity contribution in [2.75, 3.05) is 19.9 Å². The van der Waals surface area contributed by atoms with Crippen molar-refractivity contribution < 1.29 is 19.0 Å². The van der Waals surface area contributed by atoms with Crippen molar-refractivity contribution in [1.29, 1.82) is 0 Å². The van der Waals surface area contributed by atoms with E-state index >= 15 is 0 Å². The summed E-state index contributed by atoms with van der Waals surface area (Å²) in [6.45, 7) is 5.40. The molecule has 126 valence electrons. The Kier molecular flexibility index (Phi) is 3.90. The first-order valence-electron chi connectivity index (χ1n) is 7.90. The first kappa shape index (κ1) is 15.4. The number of amides is 1. The number of ether oxygens (including phenoxy) is 3. The summed E-state index contributed by atoms with van der Waals surface area (Å²) in [5.74, 6) is 1.41. The van der Waals surface area contributed by atoms with Crippen LogP contribution in [0.3, 0.4) is 0 Å². The second kappa shape index (κ2) is 6.07. The number of fused-ring (bicyclic) bond motifs is 1. The van der Waals surface area contributed by atoms with Crippen LogP contribution >= 0.6 is 11.3 Å². The van der Waals surface area contributed by atoms with Gasteiger partial charge in [-0.05, 0) is 32.0 Å². The average Bonchev–Trinajstić information content (AvgIpc) is 3.21. The maximum Gasteiger partial charge on any atom is 0.273 e. The summed E-state index contributed by atoms with van der Waals surface area (Å²) in [4.78, 5) is 19.0. The van der Waals surface area contributed by atoms with E-state index in [0.29, 0.717) is 24.5 Å². The Bertz CT molecular complexity index is 766. The van der Waals surface area contributed by atoms with E-state index in [2.05, 4.69) is 4.98 Å². The lowest BCUT2D eigenvalue weighted by Crippen LogP contribution is -2.48. The van der Waals surface area contributed by atoms with Gasteiger partial charge in [-0.1, -0.05) is 0 Å². The zero-order valence-corrected chi connectivity index (χ0v) is 14.3. The van der Waals surface area contributed by atoms with Gasteiger partial charge >= 0.3 is 0 Å². The van der Waals surface area contributed by atoms with Crippen molar-refractivity contribution in [1.82, 2.24) is 9.88 Å². The van der Waals surface area contributed by atoms with Crippen LogP contribution in [0.25, 0.3) is 10.6 Å². The molecule has 0 saturated carbocycles. The van der Waals surface area contributed by atoms with Crippen molar-refractivity contribution in [3.05, 3.63) is 29.3 Å². The van der Waals surface area contributed by atoms with Crippen molar-refractivity contribution in [2.45, 2.75) is 26.1 Å². The molecule has 2 aliphatic heterocycles. The molecule has 1 fully saturated rings. The Morgan fingerprint density at radius 3 is 2.75 bits per heavy atom. The van der Waals surface area contributed by atoms with Crippen molar-refractivity contribution in [2.24, 2.45) is 0 Å². The molecule has 0 radical (unpaired) electrons. The second-order valence-electron chi connectivity index (χ2n) is 6.07. The minimum atomic E-state index is -0.0414.